The Morgan fingerprint density at radius 3 is 2.81 bits per heavy atom. The van der Waals surface area contributed by atoms with Crippen LogP contribution in [-0.4, -0.2) is 50.9 Å². The van der Waals surface area contributed by atoms with Crippen molar-refractivity contribution in [3.63, 3.8) is 0 Å². The Balaban J connectivity index is 1.45. The fraction of sp³-hybridized carbons (Fsp3) is 0.323. The molecule has 1 aliphatic carbocycles. The summed E-state index contributed by atoms with van der Waals surface area (Å²) in [6, 6.07) is 14.6. The molecular weight excluding hydrogens is 627 g/mol. The van der Waals surface area contributed by atoms with Crippen molar-refractivity contribution >= 4 is 56.0 Å². The molecule has 2 fully saturated rings. The van der Waals surface area contributed by atoms with Gasteiger partial charge in [0, 0.05) is 34.8 Å². The van der Waals surface area contributed by atoms with Crippen molar-refractivity contribution in [2.75, 3.05) is 18.5 Å². The van der Waals surface area contributed by atoms with Crippen molar-refractivity contribution in [3.05, 3.63) is 86.6 Å². The predicted octanol–water partition coefficient (Wildman–Crippen LogP) is 6.34. The van der Waals surface area contributed by atoms with Gasteiger partial charge in [-0.15, -0.1) is 0 Å². The topological polar surface area (TPSA) is 96.7 Å². The average molecular weight is 652 g/mol. The van der Waals surface area contributed by atoms with Gasteiger partial charge in [-0.05, 0) is 83.1 Å². The number of carboxylic acid groups (broad SMARTS) is 1. The average Bonchev–Trinajstić information content (AvgIpc) is 3.62. The maximum atomic E-state index is 16.3. The Labute approximate surface area is 253 Å². The van der Waals surface area contributed by atoms with Crippen LogP contribution in [0, 0.1) is 11.7 Å². The summed E-state index contributed by atoms with van der Waals surface area (Å²) < 4.78 is 24.7. The molecule has 4 atom stereocenters. The lowest BCUT2D eigenvalue weighted by Gasteiger charge is -2.40. The molecule has 1 spiro atoms. The molecule has 0 unspecified atom stereocenters. The number of carboxylic acids is 1. The van der Waals surface area contributed by atoms with E-state index in [0.717, 1.165) is 18.4 Å². The number of hydrogen-bond donors (Lipinski definition) is 2. The number of carbonyl (C=O) groups excluding carboxylic acids is 1. The molecule has 1 saturated heterocycles. The molecule has 3 aliphatic heterocycles. The molecule has 1 aromatic heterocycles. The molecule has 1 saturated carbocycles. The van der Waals surface area contributed by atoms with Crippen LogP contribution in [0.25, 0.3) is 10.9 Å². The summed E-state index contributed by atoms with van der Waals surface area (Å²) in [5, 5.41) is 18.8. The van der Waals surface area contributed by atoms with Crippen LogP contribution in [0.15, 0.2) is 59.1 Å². The summed E-state index contributed by atoms with van der Waals surface area (Å²) in [5.74, 6) is -1.54. The number of amides is 1. The van der Waals surface area contributed by atoms with E-state index >= 15 is 4.39 Å². The Hall–Kier alpha value is -3.47. The van der Waals surface area contributed by atoms with Crippen molar-refractivity contribution in [3.8, 4) is 5.88 Å². The van der Waals surface area contributed by atoms with Gasteiger partial charge in [-0.1, -0.05) is 29.8 Å². The number of rotatable bonds is 4. The molecule has 1 amide bonds. The van der Waals surface area contributed by atoms with E-state index in [1.54, 1.807) is 47.1 Å². The summed E-state index contributed by atoms with van der Waals surface area (Å²) in [5.41, 5.74) is 1.24. The third-order valence-corrected chi connectivity index (χ3v) is 10.2. The van der Waals surface area contributed by atoms with Gasteiger partial charge in [-0.25, -0.2) is 13.9 Å². The van der Waals surface area contributed by atoms with E-state index in [9.17, 15) is 14.7 Å². The van der Waals surface area contributed by atoms with E-state index in [1.165, 1.54) is 6.07 Å². The SMILES string of the molecule is O=C(O)c1ccc2nn3c(c2c1)OCC[C@H]1[C@@H]3[C@H](c2cccc(Br)c2F)[C@]2(C(=O)Nc3cc(Cl)ccc32)N1CC1CC1. The van der Waals surface area contributed by atoms with Crippen molar-refractivity contribution in [1.82, 2.24) is 14.7 Å². The number of carbonyl (C=O) groups is 2. The van der Waals surface area contributed by atoms with Gasteiger partial charge in [0.1, 0.15) is 11.4 Å². The van der Waals surface area contributed by atoms with Gasteiger partial charge < -0.3 is 15.2 Å². The quantitative estimate of drug-likeness (QED) is 0.268. The van der Waals surface area contributed by atoms with Crippen LogP contribution in [0.1, 0.15) is 52.7 Å². The van der Waals surface area contributed by atoms with Crippen LogP contribution in [0.4, 0.5) is 10.1 Å². The maximum absolute atomic E-state index is 16.3. The fourth-order valence-corrected chi connectivity index (χ4v) is 8.03. The molecule has 11 heteroatoms. The molecule has 4 heterocycles. The standard InChI is InChI=1S/C31H25BrClFN4O4/c32-21-3-1-2-18(26(21)34)25-27-24(10-11-42-28-19-12-16(29(39)40)6-9-22(19)36-38(27)28)37(14-15-4-5-15)31(25)20-8-7-17(33)13-23(20)35-30(31)41/h1-3,6-9,12-13,15,24-25,27H,4-5,10-11,14H2,(H,35,41)(H,39,40)/t24-,25-,27+,31+/m0/s1. The van der Waals surface area contributed by atoms with Gasteiger partial charge in [0.05, 0.1) is 33.6 Å². The van der Waals surface area contributed by atoms with Gasteiger partial charge in [-0.2, -0.15) is 5.10 Å². The van der Waals surface area contributed by atoms with Gasteiger partial charge >= 0.3 is 5.97 Å². The molecule has 0 radical (unpaired) electrons. The highest BCUT2D eigenvalue weighted by atomic mass is 79.9. The summed E-state index contributed by atoms with van der Waals surface area (Å²) in [6.07, 6.45) is 2.71. The van der Waals surface area contributed by atoms with Crippen LogP contribution in [0.3, 0.4) is 0 Å². The van der Waals surface area contributed by atoms with Crippen molar-refractivity contribution < 1.29 is 23.8 Å². The lowest BCUT2D eigenvalue weighted by molar-refractivity contribution is -0.128. The lowest BCUT2D eigenvalue weighted by atomic mass is 9.73. The second kappa shape index (κ2) is 9.26. The number of benzene rings is 3. The van der Waals surface area contributed by atoms with E-state index in [2.05, 4.69) is 26.1 Å². The molecule has 4 aromatic rings. The van der Waals surface area contributed by atoms with Crippen molar-refractivity contribution in [1.29, 1.82) is 0 Å². The zero-order chi connectivity index (χ0) is 28.9. The van der Waals surface area contributed by atoms with Crippen LogP contribution >= 0.6 is 27.5 Å². The largest absolute Gasteiger partial charge is 0.478 e. The summed E-state index contributed by atoms with van der Waals surface area (Å²) >= 11 is 9.77. The molecule has 0 bridgehead atoms. The smallest absolute Gasteiger partial charge is 0.335 e. The molecule has 8 rings (SSSR count). The van der Waals surface area contributed by atoms with Crippen LogP contribution < -0.4 is 10.1 Å². The number of aromatic nitrogens is 2. The van der Waals surface area contributed by atoms with Crippen LogP contribution in [0.2, 0.25) is 5.02 Å². The molecule has 214 valence electrons. The lowest BCUT2D eigenvalue weighted by Crippen LogP contribution is -2.53. The molecule has 42 heavy (non-hydrogen) atoms. The highest BCUT2D eigenvalue weighted by Crippen LogP contribution is 2.63. The number of ether oxygens (including phenoxy) is 1. The number of anilines is 1. The van der Waals surface area contributed by atoms with E-state index in [1.807, 2.05) is 6.07 Å². The van der Waals surface area contributed by atoms with Crippen molar-refractivity contribution in [2.24, 2.45) is 5.92 Å². The maximum Gasteiger partial charge on any atom is 0.335 e. The third kappa shape index (κ3) is 3.58. The number of halogens is 3. The molecular formula is C31H25BrClFN4O4. The van der Waals surface area contributed by atoms with E-state index in [4.69, 9.17) is 21.4 Å². The first-order valence-electron chi connectivity index (χ1n) is 14.0. The zero-order valence-corrected chi connectivity index (χ0v) is 24.5. The third-order valence-electron chi connectivity index (χ3n) is 9.33. The van der Waals surface area contributed by atoms with Gasteiger partial charge in [0.2, 0.25) is 11.8 Å². The normalized spacial score (nSPS) is 26.5. The minimum Gasteiger partial charge on any atom is -0.478 e. The number of hydrogen-bond acceptors (Lipinski definition) is 5. The minimum absolute atomic E-state index is 0.122. The second-order valence-electron chi connectivity index (χ2n) is 11.6. The number of nitrogens with zero attached hydrogens (tertiary/aromatic N) is 3. The number of likely N-dealkylation sites (tertiary alicyclic amines) is 1. The summed E-state index contributed by atoms with van der Waals surface area (Å²) in [4.78, 5) is 28.6. The Morgan fingerprint density at radius 1 is 1.19 bits per heavy atom. The predicted molar refractivity (Wildman–Crippen MR) is 158 cm³/mol. The number of fused-ring (bicyclic) bond motifs is 7. The first kappa shape index (κ1) is 26.2. The Kier molecular flexibility index (Phi) is 5.77. The highest BCUT2D eigenvalue weighted by molar-refractivity contribution is 9.10. The van der Waals surface area contributed by atoms with Gasteiger partial charge in [0.15, 0.2) is 0 Å². The van der Waals surface area contributed by atoms with E-state index < -0.39 is 29.3 Å². The highest BCUT2D eigenvalue weighted by Gasteiger charge is 2.68. The molecule has 8 nitrogen and oxygen atoms in total. The van der Waals surface area contributed by atoms with Crippen LogP contribution in [-0.2, 0) is 10.3 Å². The van der Waals surface area contributed by atoms with Crippen LogP contribution in [0.5, 0.6) is 5.88 Å². The zero-order valence-electron chi connectivity index (χ0n) is 22.2. The Bertz CT molecular complexity index is 1830. The number of nitrogens with one attached hydrogen (secondary N) is 1. The van der Waals surface area contributed by atoms with E-state index in [-0.39, 0.29) is 17.5 Å². The van der Waals surface area contributed by atoms with Crippen molar-refractivity contribution in [2.45, 2.75) is 42.8 Å². The first-order valence-corrected chi connectivity index (χ1v) is 15.2. The minimum atomic E-state index is -1.24. The first-order chi connectivity index (χ1) is 20.3. The number of aromatic carboxylic acids is 1. The summed E-state index contributed by atoms with van der Waals surface area (Å²) in [6.45, 7) is 1.00. The van der Waals surface area contributed by atoms with Gasteiger partial charge in [0.25, 0.3) is 0 Å². The fourth-order valence-electron chi connectivity index (χ4n) is 7.47. The Morgan fingerprint density at radius 2 is 2.02 bits per heavy atom. The molecule has 4 aliphatic rings. The van der Waals surface area contributed by atoms with E-state index in [0.29, 0.717) is 63.0 Å². The molecule has 2 N–H and O–H groups in total. The molecule has 3 aromatic carbocycles. The summed E-state index contributed by atoms with van der Waals surface area (Å²) in [7, 11) is 0. The monoisotopic (exact) mass is 650 g/mol. The van der Waals surface area contributed by atoms with Gasteiger partial charge in [-0.3, -0.25) is 9.69 Å². The second-order valence-corrected chi connectivity index (χ2v) is 12.9.